The zero-order chi connectivity index (χ0) is 13.8. The maximum atomic E-state index is 12.9. The Labute approximate surface area is 121 Å². The Morgan fingerprint density at radius 1 is 1.26 bits per heavy atom. The molecule has 0 saturated heterocycles. The van der Waals surface area contributed by atoms with E-state index in [1.807, 2.05) is 24.3 Å². The molecule has 0 heterocycles. The number of hydrogen-bond acceptors (Lipinski definition) is 2. The third kappa shape index (κ3) is 3.96. The van der Waals surface area contributed by atoms with Gasteiger partial charge in [-0.05, 0) is 42.3 Å². The van der Waals surface area contributed by atoms with Crippen molar-refractivity contribution in [2.45, 2.75) is 23.7 Å². The van der Waals surface area contributed by atoms with Gasteiger partial charge in [0.15, 0.2) is 0 Å². The number of halogens is 2. The van der Waals surface area contributed by atoms with E-state index in [1.165, 1.54) is 12.1 Å². The maximum absolute atomic E-state index is 12.9. The molecule has 1 atom stereocenters. The Bertz CT molecular complexity index is 572. The first-order chi connectivity index (χ1) is 9.06. The van der Waals surface area contributed by atoms with Gasteiger partial charge in [-0.25, -0.2) is 4.39 Å². The highest BCUT2D eigenvalue weighted by Crippen LogP contribution is 2.28. The molecule has 0 radical (unpaired) electrons. The summed E-state index contributed by atoms with van der Waals surface area (Å²) >= 11 is 7.59. The van der Waals surface area contributed by atoms with Crippen molar-refractivity contribution in [1.29, 1.82) is 0 Å². The maximum Gasteiger partial charge on any atom is 0.124 e. The second-order valence-corrected chi connectivity index (χ2v) is 5.73. The number of aliphatic hydroxyl groups excluding tert-OH is 1. The van der Waals surface area contributed by atoms with Crippen LogP contribution in [0.3, 0.4) is 0 Å². The van der Waals surface area contributed by atoms with E-state index in [4.69, 9.17) is 11.6 Å². The van der Waals surface area contributed by atoms with E-state index in [0.29, 0.717) is 10.8 Å². The van der Waals surface area contributed by atoms with E-state index in [0.717, 1.165) is 16.0 Å². The lowest BCUT2D eigenvalue weighted by Gasteiger charge is -2.08. The van der Waals surface area contributed by atoms with E-state index in [2.05, 4.69) is 0 Å². The van der Waals surface area contributed by atoms with Crippen LogP contribution in [-0.2, 0) is 5.75 Å². The van der Waals surface area contributed by atoms with Crippen LogP contribution in [0.4, 0.5) is 4.39 Å². The van der Waals surface area contributed by atoms with Gasteiger partial charge < -0.3 is 5.11 Å². The average Bonchev–Trinajstić information content (AvgIpc) is 2.38. The minimum Gasteiger partial charge on any atom is -0.389 e. The molecule has 0 saturated carbocycles. The zero-order valence-corrected chi connectivity index (χ0v) is 12.0. The van der Waals surface area contributed by atoms with Crippen LogP contribution in [0.2, 0.25) is 5.02 Å². The predicted octanol–water partition coefficient (Wildman–Crippen LogP) is 4.82. The molecule has 1 N–H and O–H groups in total. The Morgan fingerprint density at radius 3 is 2.74 bits per heavy atom. The van der Waals surface area contributed by atoms with E-state index >= 15 is 0 Å². The minimum absolute atomic E-state index is 0.324. The van der Waals surface area contributed by atoms with Crippen LogP contribution in [-0.4, -0.2) is 5.11 Å². The molecule has 2 aromatic rings. The van der Waals surface area contributed by atoms with Crippen molar-refractivity contribution in [1.82, 2.24) is 0 Å². The fraction of sp³-hybridized carbons (Fsp3) is 0.200. The van der Waals surface area contributed by atoms with Crippen molar-refractivity contribution in [3.63, 3.8) is 0 Å². The molecule has 0 aliphatic rings. The molecule has 0 fully saturated rings. The molecule has 0 aliphatic heterocycles. The van der Waals surface area contributed by atoms with Gasteiger partial charge in [0.2, 0.25) is 0 Å². The number of hydrogen-bond donors (Lipinski definition) is 1. The minimum atomic E-state index is -0.477. The van der Waals surface area contributed by atoms with Crippen molar-refractivity contribution >= 4 is 23.4 Å². The summed E-state index contributed by atoms with van der Waals surface area (Å²) in [5.41, 5.74) is 1.78. The van der Waals surface area contributed by atoms with E-state index in [-0.39, 0.29) is 5.82 Å². The standard InChI is InChI=1S/C15H14ClFOS/c1-10(18)11-3-2-4-14(7-11)19-9-12-5-6-13(17)8-15(12)16/h2-8,10,18H,9H2,1H3. The summed E-state index contributed by atoms with van der Waals surface area (Å²) in [7, 11) is 0. The molecule has 2 rings (SSSR count). The van der Waals surface area contributed by atoms with Crippen LogP contribution >= 0.6 is 23.4 Å². The van der Waals surface area contributed by atoms with Crippen LogP contribution in [0.5, 0.6) is 0 Å². The fourth-order valence-corrected chi connectivity index (χ4v) is 2.95. The topological polar surface area (TPSA) is 20.2 Å². The van der Waals surface area contributed by atoms with Gasteiger partial charge in [-0.2, -0.15) is 0 Å². The van der Waals surface area contributed by atoms with Crippen molar-refractivity contribution < 1.29 is 9.50 Å². The summed E-state index contributed by atoms with van der Waals surface area (Å²) in [6.45, 7) is 1.74. The van der Waals surface area contributed by atoms with Crippen molar-refractivity contribution in [3.8, 4) is 0 Å². The van der Waals surface area contributed by atoms with E-state index in [1.54, 1.807) is 24.8 Å². The smallest absolute Gasteiger partial charge is 0.124 e. The molecule has 2 aromatic carbocycles. The summed E-state index contributed by atoms with van der Waals surface area (Å²) in [4.78, 5) is 1.05. The zero-order valence-electron chi connectivity index (χ0n) is 10.4. The van der Waals surface area contributed by atoms with Gasteiger partial charge in [0.1, 0.15) is 5.82 Å². The molecular weight excluding hydrogens is 283 g/mol. The van der Waals surface area contributed by atoms with Crippen molar-refractivity contribution in [2.75, 3.05) is 0 Å². The highest BCUT2D eigenvalue weighted by Gasteiger charge is 2.05. The lowest BCUT2D eigenvalue weighted by molar-refractivity contribution is 0.199. The van der Waals surface area contributed by atoms with Crippen LogP contribution in [0.1, 0.15) is 24.2 Å². The summed E-state index contributed by atoms with van der Waals surface area (Å²) in [6, 6.07) is 12.2. The molecule has 1 nitrogen and oxygen atoms in total. The van der Waals surface area contributed by atoms with Crippen LogP contribution in [0, 0.1) is 5.82 Å². The first-order valence-corrected chi connectivity index (χ1v) is 7.27. The Hall–Kier alpha value is -1.03. The number of aliphatic hydroxyl groups is 1. The second-order valence-electron chi connectivity index (χ2n) is 4.27. The third-order valence-electron chi connectivity index (χ3n) is 2.75. The van der Waals surface area contributed by atoms with Crippen molar-refractivity contribution in [2.24, 2.45) is 0 Å². The molecule has 1 unspecified atom stereocenters. The highest BCUT2D eigenvalue weighted by atomic mass is 35.5. The quantitative estimate of drug-likeness (QED) is 0.816. The molecule has 0 amide bonds. The predicted molar refractivity (Wildman–Crippen MR) is 78.0 cm³/mol. The summed E-state index contributed by atoms with van der Waals surface area (Å²) in [5.74, 6) is 0.345. The Balaban J connectivity index is 2.08. The Morgan fingerprint density at radius 2 is 2.05 bits per heavy atom. The fourth-order valence-electron chi connectivity index (χ4n) is 1.66. The molecule has 4 heteroatoms. The van der Waals surface area contributed by atoms with Crippen LogP contribution < -0.4 is 0 Å². The SMILES string of the molecule is CC(O)c1cccc(SCc2ccc(F)cc2Cl)c1. The van der Waals surface area contributed by atoms with E-state index in [9.17, 15) is 9.50 Å². The Kier molecular flexibility index (Phi) is 4.86. The lowest BCUT2D eigenvalue weighted by atomic mass is 10.1. The van der Waals surface area contributed by atoms with Gasteiger partial charge in [-0.1, -0.05) is 29.8 Å². The molecule has 0 aliphatic carbocycles. The largest absolute Gasteiger partial charge is 0.389 e. The van der Waals surface area contributed by atoms with Gasteiger partial charge in [0, 0.05) is 15.7 Å². The van der Waals surface area contributed by atoms with Gasteiger partial charge in [0.25, 0.3) is 0 Å². The number of thioether (sulfide) groups is 1. The first kappa shape index (κ1) is 14.4. The number of rotatable bonds is 4. The van der Waals surface area contributed by atoms with Gasteiger partial charge in [-0.15, -0.1) is 11.8 Å². The molecule has 100 valence electrons. The first-order valence-electron chi connectivity index (χ1n) is 5.91. The van der Waals surface area contributed by atoms with Gasteiger partial charge in [0.05, 0.1) is 6.10 Å². The summed E-state index contributed by atoms with van der Waals surface area (Å²) < 4.78 is 12.9. The summed E-state index contributed by atoms with van der Waals surface area (Å²) in [5, 5.41) is 9.98. The molecule has 0 aromatic heterocycles. The third-order valence-corrected chi connectivity index (χ3v) is 4.14. The second kappa shape index (κ2) is 6.42. The highest BCUT2D eigenvalue weighted by molar-refractivity contribution is 7.98. The van der Waals surface area contributed by atoms with Gasteiger partial charge >= 0.3 is 0 Å². The monoisotopic (exact) mass is 296 g/mol. The molecule has 19 heavy (non-hydrogen) atoms. The molecular formula is C15H14ClFOS. The lowest BCUT2D eigenvalue weighted by Crippen LogP contribution is -1.90. The van der Waals surface area contributed by atoms with Gasteiger partial charge in [-0.3, -0.25) is 0 Å². The van der Waals surface area contributed by atoms with Crippen molar-refractivity contribution in [3.05, 3.63) is 64.4 Å². The van der Waals surface area contributed by atoms with Crippen LogP contribution in [0.25, 0.3) is 0 Å². The number of benzene rings is 2. The molecule has 0 bridgehead atoms. The average molecular weight is 297 g/mol. The normalized spacial score (nSPS) is 12.4. The molecule has 0 spiro atoms. The summed E-state index contributed by atoms with van der Waals surface area (Å²) in [6.07, 6.45) is -0.477. The van der Waals surface area contributed by atoms with E-state index < -0.39 is 6.10 Å². The van der Waals surface area contributed by atoms with Crippen LogP contribution in [0.15, 0.2) is 47.4 Å².